The third-order valence-corrected chi connectivity index (χ3v) is 5.82. The summed E-state index contributed by atoms with van der Waals surface area (Å²) in [6, 6.07) is 20.1. The maximum absolute atomic E-state index is 6.48. The van der Waals surface area contributed by atoms with Gasteiger partial charge < -0.3 is 11.1 Å². The van der Waals surface area contributed by atoms with Crippen LogP contribution in [-0.4, -0.2) is 19.9 Å². The Kier molecular flexibility index (Phi) is 5.40. The predicted octanol–water partition coefficient (Wildman–Crippen LogP) is 5.95. The average Bonchev–Trinajstić information content (AvgIpc) is 2.87. The summed E-state index contributed by atoms with van der Waals surface area (Å²) in [5.74, 6) is 1.24. The number of rotatable bonds is 5. The van der Waals surface area contributed by atoms with Crippen LogP contribution in [0.1, 0.15) is 18.1 Å². The molecule has 3 aromatic heterocycles. The normalized spacial score (nSPS) is 11.0. The molecule has 6 nitrogen and oxygen atoms in total. The van der Waals surface area contributed by atoms with Gasteiger partial charge in [0.2, 0.25) is 0 Å². The average molecular weight is 433 g/mol. The molecule has 0 bridgehead atoms. The van der Waals surface area contributed by atoms with Gasteiger partial charge in [0, 0.05) is 34.3 Å². The Morgan fingerprint density at radius 3 is 2.52 bits per heavy atom. The van der Waals surface area contributed by atoms with E-state index in [-0.39, 0.29) is 0 Å². The molecule has 0 radical (unpaired) electrons. The van der Waals surface area contributed by atoms with Crippen molar-refractivity contribution in [3.63, 3.8) is 0 Å². The largest absolute Gasteiger partial charge is 0.383 e. The van der Waals surface area contributed by atoms with Crippen molar-refractivity contribution in [2.75, 3.05) is 11.1 Å². The molecule has 0 amide bonds. The van der Waals surface area contributed by atoms with Crippen LogP contribution in [0, 0.1) is 6.92 Å². The highest BCUT2D eigenvalue weighted by atomic mass is 15.0. The van der Waals surface area contributed by atoms with Gasteiger partial charge in [-0.15, -0.1) is 0 Å². The van der Waals surface area contributed by atoms with Crippen LogP contribution in [0.2, 0.25) is 0 Å². The number of fused-ring (bicyclic) bond motifs is 1. The number of nitrogen functional groups attached to an aromatic ring is 1. The van der Waals surface area contributed by atoms with Crippen molar-refractivity contribution < 1.29 is 0 Å². The molecule has 0 saturated carbocycles. The van der Waals surface area contributed by atoms with Crippen molar-refractivity contribution in [3.05, 3.63) is 90.5 Å². The second-order valence-corrected chi connectivity index (χ2v) is 7.84. The summed E-state index contributed by atoms with van der Waals surface area (Å²) in [5.41, 5.74) is 13.4. The molecule has 3 N–H and O–H groups in total. The summed E-state index contributed by atoms with van der Waals surface area (Å²) in [5, 5.41) is 5.61. The number of aryl methyl sites for hydroxylation is 2. The fourth-order valence-corrected chi connectivity index (χ4v) is 4.22. The van der Waals surface area contributed by atoms with E-state index in [1.165, 1.54) is 0 Å². The van der Waals surface area contributed by atoms with Crippen molar-refractivity contribution in [2.45, 2.75) is 20.3 Å². The minimum Gasteiger partial charge on any atom is -0.383 e. The van der Waals surface area contributed by atoms with Crippen LogP contribution in [0.15, 0.2) is 79.4 Å². The smallest absolute Gasteiger partial charge is 0.139 e. The van der Waals surface area contributed by atoms with Gasteiger partial charge in [0.15, 0.2) is 0 Å². The van der Waals surface area contributed by atoms with Gasteiger partial charge in [0.25, 0.3) is 0 Å². The number of hydrogen-bond acceptors (Lipinski definition) is 6. The van der Waals surface area contributed by atoms with Crippen LogP contribution in [0.5, 0.6) is 0 Å². The van der Waals surface area contributed by atoms with Gasteiger partial charge in [-0.3, -0.25) is 0 Å². The van der Waals surface area contributed by atoms with E-state index in [0.717, 1.165) is 62.3 Å². The van der Waals surface area contributed by atoms with Crippen molar-refractivity contribution in [2.24, 2.45) is 0 Å². The summed E-state index contributed by atoms with van der Waals surface area (Å²) in [4.78, 5) is 17.9. The number of nitrogens with zero attached hydrogens (tertiary/aromatic N) is 4. The Morgan fingerprint density at radius 1 is 0.909 bits per heavy atom. The number of benzene rings is 2. The number of anilines is 3. The Labute approximate surface area is 192 Å². The predicted molar refractivity (Wildman–Crippen MR) is 134 cm³/mol. The van der Waals surface area contributed by atoms with E-state index < -0.39 is 0 Å². The first kappa shape index (κ1) is 20.6. The number of hydrogen-bond donors (Lipinski definition) is 2. The SMILES string of the molecule is CCc1c(-c2ccccc2)nc(N)c2ccc(C)c(Nc3ncccc3-c3ccncn3)c12. The molecule has 0 aliphatic carbocycles. The molecule has 162 valence electrons. The minimum atomic E-state index is 0.515. The molecule has 2 aromatic carbocycles. The van der Waals surface area contributed by atoms with E-state index in [9.17, 15) is 0 Å². The quantitative estimate of drug-likeness (QED) is 0.357. The molecule has 0 saturated heterocycles. The lowest BCUT2D eigenvalue weighted by molar-refractivity contribution is 1.13. The zero-order chi connectivity index (χ0) is 22.8. The van der Waals surface area contributed by atoms with E-state index in [1.54, 1.807) is 18.7 Å². The fraction of sp³-hybridized carbons (Fsp3) is 0.111. The number of pyridine rings is 2. The Balaban J connectivity index is 1.75. The molecule has 0 atom stereocenters. The maximum atomic E-state index is 6.48. The fourth-order valence-electron chi connectivity index (χ4n) is 4.22. The molecule has 0 aliphatic heterocycles. The highest BCUT2D eigenvalue weighted by Crippen LogP contribution is 2.40. The van der Waals surface area contributed by atoms with E-state index in [1.807, 2.05) is 36.4 Å². The van der Waals surface area contributed by atoms with Crippen LogP contribution < -0.4 is 11.1 Å². The number of nitrogens with two attached hydrogens (primary N) is 1. The highest BCUT2D eigenvalue weighted by Gasteiger charge is 2.19. The third-order valence-electron chi connectivity index (χ3n) is 5.82. The lowest BCUT2D eigenvalue weighted by Crippen LogP contribution is -2.05. The molecule has 33 heavy (non-hydrogen) atoms. The standard InChI is InChI=1S/C27H24N6/c1-3-19-23-21(26(28)32-25(19)18-8-5-4-6-9-18)12-11-17(2)24(23)33-27-20(10-7-14-30-27)22-13-15-29-16-31-22/h4-16H,3H2,1-2H3,(H2,28,32)(H,30,33). The van der Waals surface area contributed by atoms with Crippen LogP contribution in [-0.2, 0) is 6.42 Å². The highest BCUT2D eigenvalue weighted by molar-refractivity contribution is 6.06. The van der Waals surface area contributed by atoms with E-state index in [0.29, 0.717) is 5.82 Å². The van der Waals surface area contributed by atoms with Crippen molar-refractivity contribution in [3.8, 4) is 22.5 Å². The zero-order valence-electron chi connectivity index (χ0n) is 18.6. The monoisotopic (exact) mass is 432 g/mol. The van der Waals surface area contributed by atoms with Crippen LogP contribution in [0.3, 0.4) is 0 Å². The summed E-state index contributed by atoms with van der Waals surface area (Å²) in [6.07, 6.45) is 5.87. The Bertz CT molecular complexity index is 1430. The van der Waals surface area contributed by atoms with Gasteiger partial charge in [-0.05, 0) is 42.7 Å². The van der Waals surface area contributed by atoms with E-state index in [4.69, 9.17) is 10.7 Å². The van der Waals surface area contributed by atoms with Gasteiger partial charge in [0.1, 0.15) is 18.0 Å². The first-order valence-electron chi connectivity index (χ1n) is 10.9. The van der Waals surface area contributed by atoms with Crippen LogP contribution in [0.25, 0.3) is 33.3 Å². The molecule has 0 unspecified atom stereocenters. The molecular weight excluding hydrogens is 408 g/mol. The molecule has 5 rings (SSSR count). The Morgan fingerprint density at radius 2 is 1.76 bits per heavy atom. The molecule has 3 heterocycles. The minimum absolute atomic E-state index is 0.515. The maximum Gasteiger partial charge on any atom is 0.139 e. The van der Waals surface area contributed by atoms with E-state index >= 15 is 0 Å². The lowest BCUT2D eigenvalue weighted by Gasteiger charge is -2.20. The number of aromatic nitrogens is 4. The zero-order valence-corrected chi connectivity index (χ0v) is 18.6. The van der Waals surface area contributed by atoms with Gasteiger partial charge in [-0.25, -0.2) is 19.9 Å². The molecule has 0 aliphatic rings. The van der Waals surface area contributed by atoms with Crippen LogP contribution >= 0.6 is 0 Å². The van der Waals surface area contributed by atoms with Gasteiger partial charge in [-0.1, -0.05) is 49.4 Å². The molecule has 5 aromatic rings. The number of nitrogens with one attached hydrogen (secondary N) is 1. The van der Waals surface area contributed by atoms with Gasteiger partial charge >= 0.3 is 0 Å². The summed E-state index contributed by atoms with van der Waals surface area (Å²) in [7, 11) is 0. The second kappa shape index (κ2) is 8.67. The topological polar surface area (TPSA) is 89.6 Å². The summed E-state index contributed by atoms with van der Waals surface area (Å²) in [6.45, 7) is 4.24. The summed E-state index contributed by atoms with van der Waals surface area (Å²) < 4.78 is 0. The van der Waals surface area contributed by atoms with Gasteiger partial charge in [-0.2, -0.15) is 0 Å². The van der Waals surface area contributed by atoms with Crippen molar-refractivity contribution in [1.29, 1.82) is 0 Å². The first-order chi connectivity index (χ1) is 16.2. The second-order valence-electron chi connectivity index (χ2n) is 7.84. The lowest BCUT2D eigenvalue weighted by atomic mass is 9.94. The van der Waals surface area contributed by atoms with Crippen molar-refractivity contribution >= 4 is 28.1 Å². The van der Waals surface area contributed by atoms with E-state index in [2.05, 4.69) is 58.4 Å². The van der Waals surface area contributed by atoms with Crippen LogP contribution in [0.4, 0.5) is 17.3 Å². The summed E-state index contributed by atoms with van der Waals surface area (Å²) >= 11 is 0. The molecule has 0 fully saturated rings. The van der Waals surface area contributed by atoms with Gasteiger partial charge in [0.05, 0.1) is 17.1 Å². The molecular formula is C27H24N6. The molecule has 6 heteroatoms. The first-order valence-corrected chi connectivity index (χ1v) is 10.9. The van der Waals surface area contributed by atoms with Crippen molar-refractivity contribution in [1.82, 2.24) is 19.9 Å². The third kappa shape index (κ3) is 3.76. The molecule has 0 spiro atoms. The Hall–Kier alpha value is -4.32.